The monoisotopic (exact) mass is 393 g/mol. The largest absolute Gasteiger partial charge is 0.460 e. The van der Waals surface area contributed by atoms with Crippen LogP contribution in [0.5, 0.6) is 0 Å². The molecule has 0 fully saturated rings. The number of nitrogens with zero attached hydrogens (tertiary/aromatic N) is 1. The first-order valence-corrected chi connectivity index (χ1v) is 8.38. The van der Waals surface area contributed by atoms with Crippen molar-refractivity contribution in [3.8, 4) is 11.3 Å². The van der Waals surface area contributed by atoms with E-state index in [0.717, 1.165) is 21.6 Å². The third-order valence-electron chi connectivity index (χ3n) is 3.22. The zero-order valence-electron chi connectivity index (χ0n) is 13.6. The molecule has 0 bridgehead atoms. The highest BCUT2D eigenvalue weighted by Crippen LogP contribution is 2.24. The summed E-state index contributed by atoms with van der Waals surface area (Å²) in [5, 5.41) is 4.78. The molecule has 2 rings (SSSR count). The molecule has 0 spiro atoms. The first-order chi connectivity index (χ1) is 11.5. The molecule has 1 aromatic heterocycles. The van der Waals surface area contributed by atoms with Crippen molar-refractivity contribution < 1.29 is 14.0 Å². The van der Waals surface area contributed by atoms with E-state index < -0.39 is 6.03 Å². The fourth-order valence-electron chi connectivity index (χ4n) is 2.17. The summed E-state index contributed by atoms with van der Waals surface area (Å²) in [5.74, 6) is 1.17. The van der Waals surface area contributed by atoms with Gasteiger partial charge in [0.15, 0.2) is 0 Å². The van der Waals surface area contributed by atoms with Crippen LogP contribution in [0.25, 0.3) is 11.3 Å². The van der Waals surface area contributed by atoms with Crippen molar-refractivity contribution in [2.75, 3.05) is 20.1 Å². The Balaban J connectivity index is 1.88. The zero-order chi connectivity index (χ0) is 17.5. The minimum absolute atomic E-state index is 0.103. The number of rotatable bonds is 6. The molecule has 0 radical (unpaired) electrons. The smallest absolute Gasteiger partial charge is 0.321 e. The van der Waals surface area contributed by atoms with E-state index in [1.165, 1.54) is 0 Å². The van der Waals surface area contributed by atoms with Crippen molar-refractivity contribution in [1.82, 2.24) is 15.5 Å². The molecular formula is C17H20BrN3O3. The van der Waals surface area contributed by atoms with E-state index in [0.29, 0.717) is 13.1 Å². The van der Waals surface area contributed by atoms with E-state index in [4.69, 9.17) is 4.42 Å². The van der Waals surface area contributed by atoms with Crippen molar-refractivity contribution >= 4 is 27.9 Å². The molecule has 0 unspecified atom stereocenters. The van der Waals surface area contributed by atoms with E-state index in [1.54, 1.807) is 18.9 Å². The third kappa shape index (κ3) is 5.50. The number of imide groups is 1. The van der Waals surface area contributed by atoms with Gasteiger partial charge in [-0.3, -0.25) is 15.0 Å². The number of hydrogen-bond donors (Lipinski definition) is 2. The molecule has 7 heteroatoms. The van der Waals surface area contributed by atoms with Gasteiger partial charge in [-0.25, -0.2) is 4.79 Å². The molecule has 2 N–H and O–H groups in total. The number of carbonyl (C=O) groups excluding carboxylic acids is 2. The van der Waals surface area contributed by atoms with Crippen LogP contribution < -0.4 is 10.6 Å². The quantitative estimate of drug-likeness (QED) is 0.790. The van der Waals surface area contributed by atoms with Gasteiger partial charge >= 0.3 is 6.03 Å². The van der Waals surface area contributed by atoms with Gasteiger partial charge in [-0.05, 0) is 38.2 Å². The Hall–Kier alpha value is -2.12. The van der Waals surface area contributed by atoms with Gasteiger partial charge in [0.05, 0.1) is 13.1 Å². The van der Waals surface area contributed by atoms with Crippen LogP contribution in [0, 0.1) is 0 Å². The summed E-state index contributed by atoms with van der Waals surface area (Å²) in [5.41, 5.74) is 0.987. The van der Waals surface area contributed by atoms with Gasteiger partial charge in [-0.2, -0.15) is 0 Å². The van der Waals surface area contributed by atoms with Crippen molar-refractivity contribution in [2.24, 2.45) is 0 Å². The molecule has 0 aliphatic rings. The van der Waals surface area contributed by atoms with Crippen molar-refractivity contribution in [3.05, 3.63) is 46.6 Å². The number of carbonyl (C=O) groups is 2. The summed E-state index contributed by atoms with van der Waals surface area (Å²) in [6.07, 6.45) is 0. The molecule has 0 aliphatic heterocycles. The number of urea groups is 1. The molecule has 1 aromatic carbocycles. The Morgan fingerprint density at radius 2 is 1.88 bits per heavy atom. The summed E-state index contributed by atoms with van der Waals surface area (Å²) >= 11 is 3.40. The van der Waals surface area contributed by atoms with Gasteiger partial charge in [-0.15, -0.1) is 0 Å². The molecule has 0 aliphatic carbocycles. The highest BCUT2D eigenvalue weighted by Gasteiger charge is 2.12. The van der Waals surface area contributed by atoms with Gasteiger partial charge in [-0.1, -0.05) is 28.1 Å². The second-order valence-electron chi connectivity index (χ2n) is 5.35. The second-order valence-corrected chi connectivity index (χ2v) is 6.27. The average molecular weight is 394 g/mol. The molecule has 6 nitrogen and oxygen atoms in total. The van der Waals surface area contributed by atoms with Crippen LogP contribution >= 0.6 is 15.9 Å². The van der Waals surface area contributed by atoms with Crippen molar-refractivity contribution in [1.29, 1.82) is 0 Å². The Kier molecular flexibility index (Phi) is 6.57. The molecule has 1 heterocycles. The maximum Gasteiger partial charge on any atom is 0.321 e. The molecule has 0 saturated carbocycles. The predicted molar refractivity (Wildman–Crippen MR) is 95.4 cm³/mol. The summed E-state index contributed by atoms with van der Waals surface area (Å²) in [7, 11) is 1.79. The number of hydrogen-bond acceptors (Lipinski definition) is 4. The number of likely N-dealkylation sites (N-methyl/N-ethyl adjacent to an activating group) is 1. The highest BCUT2D eigenvalue weighted by atomic mass is 79.9. The number of halogens is 1. The number of furan rings is 1. The lowest BCUT2D eigenvalue weighted by molar-refractivity contribution is -0.121. The Bertz CT molecular complexity index is 697. The fraction of sp³-hybridized carbons (Fsp3) is 0.294. The summed E-state index contributed by atoms with van der Waals surface area (Å²) in [6, 6.07) is 11.2. The first-order valence-electron chi connectivity index (χ1n) is 7.58. The normalized spacial score (nSPS) is 10.7. The van der Waals surface area contributed by atoms with Crippen LogP contribution in [0.15, 0.2) is 45.3 Å². The SMILES string of the molecule is CCNC(=O)NC(=O)CN(C)Cc1ccc(-c2ccc(Br)cc2)o1. The van der Waals surface area contributed by atoms with E-state index in [9.17, 15) is 9.59 Å². The zero-order valence-corrected chi connectivity index (χ0v) is 15.2. The van der Waals surface area contributed by atoms with Crippen LogP contribution in [-0.4, -0.2) is 37.0 Å². The fourth-order valence-corrected chi connectivity index (χ4v) is 2.43. The lowest BCUT2D eigenvalue weighted by Crippen LogP contribution is -2.43. The second kappa shape index (κ2) is 8.65. The van der Waals surface area contributed by atoms with E-state index in [1.807, 2.05) is 36.4 Å². The van der Waals surface area contributed by atoms with Crippen LogP contribution in [0.2, 0.25) is 0 Å². The minimum Gasteiger partial charge on any atom is -0.460 e. The minimum atomic E-state index is -0.480. The van der Waals surface area contributed by atoms with Gasteiger partial charge in [0, 0.05) is 16.6 Å². The number of amides is 3. The van der Waals surface area contributed by atoms with Gasteiger partial charge in [0.25, 0.3) is 0 Å². The van der Waals surface area contributed by atoms with Gasteiger partial charge in [0.2, 0.25) is 5.91 Å². The van der Waals surface area contributed by atoms with Crippen molar-refractivity contribution in [3.63, 3.8) is 0 Å². The molecule has 0 atom stereocenters. The molecule has 24 heavy (non-hydrogen) atoms. The van der Waals surface area contributed by atoms with Crippen LogP contribution in [0.1, 0.15) is 12.7 Å². The molecule has 2 aromatic rings. The summed E-state index contributed by atoms with van der Waals surface area (Å²) < 4.78 is 6.82. The molecule has 128 valence electrons. The van der Waals surface area contributed by atoms with E-state index >= 15 is 0 Å². The van der Waals surface area contributed by atoms with Gasteiger partial charge < -0.3 is 9.73 Å². The number of benzene rings is 1. The first kappa shape index (κ1) is 18.2. The topological polar surface area (TPSA) is 74.6 Å². The maximum absolute atomic E-state index is 11.7. The Morgan fingerprint density at radius 1 is 1.17 bits per heavy atom. The third-order valence-corrected chi connectivity index (χ3v) is 3.75. The molecular weight excluding hydrogens is 374 g/mol. The standard InChI is InChI=1S/C17H20BrN3O3/c1-3-19-17(23)20-16(22)11-21(2)10-14-8-9-15(24-14)12-4-6-13(18)7-5-12/h4-9H,3,10-11H2,1-2H3,(H2,19,20,22,23). The van der Waals surface area contributed by atoms with Gasteiger partial charge in [0.1, 0.15) is 11.5 Å². The lowest BCUT2D eigenvalue weighted by Gasteiger charge is -2.14. The average Bonchev–Trinajstić information content (AvgIpc) is 2.96. The lowest BCUT2D eigenvalue weighted by atomic mass is 10.2. The highest BCUT2D eigenvalue weighted by molar-refractivity contribution is 9.10. The van der Waals surface area contributed by atoms with Crippen LogP contribution in [0.4, 0.5) is 4.79 Å². The summed E-state index contributed by atoms with van der Waals surface area (Å²) in [6.45, 7) is 2.83. The summed E-state index contributed by atoms with van der Waals surface area (Å²) in [4.78, 5) is 24.8. The maximum atomic E-state index is 11.7. The van der Waals surface area contributed by atoms with Crippen molar-refractivity contribution in [2.45, 2.75) is 13.5 Å². The Labute approximate surface area is 149 Å². The predicted octanol–water partition coefficient (Wildman–Crippen LogP) is 2.99. The number of nitrogens with one attached hydrogen (secondary N) is 2. The van der Waals surface area contributed by atoms with Crippen LogP contribution in [-0.2, 0) is 11.3 Å². The molecule has 3 amide bonds. The van der Waals surface area contributed by atoms with Crippen LogP contribution in [0.3, 0.4) is 0 Å². The van der Waals surface area contributed by atoms with E-state index in [2.05, 4.69) is 26.6 Å². The van der Waals surface area contributed by atoms with E-state index in [-0.39, 0.29) is 12.5 Å². The molecule has 0 saturated heterocycles. The Morgan fingerprint density at radius 3 is 2.54 bits per heavy atom.